The number of carbonyl (C=O) groups is 5. The first-order chi connectivity index (χ1) is 16.9. The van der Waals surface area contributed by atoms with Gasteiger partial charge in [0.05, 0.1) is 12.5 Å². The van der Waals surface area contributed by atoms with Crippen molar-refractivity contribution in [2.24, 2.45) is 27.9 Å². The molecule has 0 rings (SSSR count). The minimum atomic E-state index is -1.35. The number of guanidine groups is 1. The average Bonchev–Trinajstić information content (AvgIpc) is 2.80. The first-order valence-electron chi connectivity index (χ1n) is 11.1. The first kappa shape index (κ1) is 33.3. The number of nitrogens with two attached hydrogens (primary N) is 4. The van der Waals surface area contributed by atoms with Crippen LogP contribution in [-0.2, 0) is 24.0 Å². The van der Waals surface area contributed by atoms with Gasteiger partial charge in [0.1, 0.15) is 18.1 Å². The van der Waals surface area contributed by atoms with E-state index in [2.05, 4.69) is 20.9 Å². The van der Waals surface area contributed by atoms with E-state index in [1.165, 1.54) is 23.5 Å². The maximum Gasteiger partial charge on any atom is 0.326 e. The molecule has 4 amide bonds. The van der Waals surface area contributed by atoms with Crippen LogP contribution in [0.4, 0.5) is 0 Å². The van der Waals surface area contributed by atoms with E-state index in [-0.39, 0.29) is 25.3 Å². The number of thioether (sulfide) groups is 2. The highest BCUT2D eigenvalue weighted by atomic mass is 32.2. The molecular formula is C20H38N8O6S2. The number of hydrogen-bond donors (Lipinski definition) is 8. The van der Waals surface area contributed by atoms with Crippen molar-refractivity contribution >= 4 is 59.1 Å². The van der Waals surface area contributed by atoms with E-state index in [1.54, 1.807) is 6.26 Å². The van der Waals surface area contributed by atoms with Gasteiger partial charge in [0.2, 0.25) is 23.6 Å². The van der Waals surface area contributed by atoms with Gasteiger partial charge in [-0.3, -0.25) is 24.2 Å². The Balaban J connectivity index is 5.41. The lowest BCUT2D eigenvalue weighted by atomic mass is 10.1. The van der Waals surface area contributed by atoms with Crippen LogP contribution in [0.5, 0.6) is 0 Å². The van der Waals surface area contributed by atoms with Crippen molar-refractivity contribution in [2.75, 3.05) is 30.6 Å². The Morgan fingerprint density at radius 3 is 1.86 bits per heavy atom. The molecular weight excluding hydrogens is 512 g/mol. The summed E-state index contributed by atoms with van der Waals surface area (Å²) in [5.41, 5.74) is 21.5. The second kappa shape index (κ2) is 18.5. The lowest BCUT2D eigenvalue weighted by molar-refractivity contribution is -0.142. The summed E-state index contributed by atoms with van der Waals surface area (Å²) >= 11 is 2.91. The molecule has 0 heterocycles. The minimum absolute atomic E-state index is 0.0509. The Morgan fingerprint density at radius 1 is 0.806 bits per heavy atom. The number of carbonyl (C=O) groups excluding carboxylic acids is 4. The van der Waals surface area contributed by atoms with Crippen LogP contribution in [0.2, 0.25) is 0 Å². The predicted molar refractivity (Wildman–Crippen MR) is 141 cm³/mol. The van der Waals surface area contributed by atoms with Crippen LogP contribution in [0.1, 0.15) is 32.1 Å². The molecule has 4 unspecified atom stereocenters. The molecule has 36 heavy (non-hydrogen) atoms. The highest BCUT2D eigenvalue weighted by Gasteiger charge is 2.30. The molecule has 0 aliphatic rings. The summed E-state index contributed by atoms with van der Waals surface area (Å²) < 4.78 is 0. The number of nitrogens with zero attached hydrogens (tertiary/aromatic N) is 1. The summed E-state index contributed by atoms with van der Waals surface area (Å²) in [7, 11) is 0. The zero-order valence-electron chi connectivity index (χ0n) is 20.5. The van der Waals surface area contributed by atoms with Crippen LogP contribution in [0, 0.1) is 0 Å². The second-order valence-electron chi connectivity index (χ2n) is 7.81. The van der Waals surface area contributed by atoms with Gasteiger partial charge in [0.25, 0.3) is 0 Å². The van der Waals surface area contributed by atoms with Crippen molar-refractivity contribution in [1.29, 1.82) is 0 Å². The van der Waals surface area contributed by atoms with E-state index in [1.807, 2.05) is 6.26 Å². The predicted octanol–water partition coefficient (Wildman–Crippen LogP) is -2.71. The number of primary amides is 1. The van der Waals surface area contributed by atoms with E-state index < -0.39 is 60.2 Å². The summed E-state index contributed by atoms with van der Waals surface area (Å²) in [5, 5.41) is 16.8. The van der Waals surface area contributed by atoms with E-state index >= 15 is 0 Å². The molecule has 0 aliphatic carbocycles. The van der Waals surface area contributed by atoms with E-state index in [9.17, 15) is 29.1 Å². The van der Waals surface area contributed by atoms with Gasteiger partial charge >= 0.3 is 5.97 Å². The molecule has 206 valence electrons. The van der Waals surface area contributed by atoms with Gasteiger partial charge < -0.3 is 44.0 Å². The lowest BCUT2D eigenvalue weighted by Crippen LogP contribution is -2.57. The maximum absolute atomic E-state index is 12.9. The van der Waals surface area contributed by atoms with Gasteiger partial charge in [-0.05, 0) is 49.7 Å². The molecule has 0 aromatic rings. The topological polar surface area (TPSA) is 258 Å². The highest BCUT2D eigenvalue weighted by molar-refractivity contribution is 7.98. The Morgan fingerprint density at radius 2 is 1.33 bits per heavy atom. The summed E-state index contributed by atoms with van der Waals surface area (Å²) in [4.78, 5) is 65.0. The molecule has 12 N–H and O–H groups in total. The van der Waals surface area contributed by atoms with Crippen LogP contribution < -0.4 is 38.9 Å². The van der Waals surface area contributed by atoms with Crippen LogP contribution in [0.3, 0.4) is 0 Å². The van der Waals surface area contributed by atoms with Crippen molar-refractivity contribution in [2.45, 2.75) is 56.3 Å². The fraction of sp³-hybridized carbons (Fsp3) is 0.700. The number of hydrogen-bond acceptors (Lipinski definition) is 9. The van der Waals surface area contributed by atoms with Crippen molar-refractivity contribution in [1.82, 2.24) is 16.0 Å². The van der Waals surface area contributed by atoms with Gasteiger partial charge in [0.15, 0.2) is 5.96 Å². The van der Waals surface area contributed by atoms with Gasteiger partial charge in [-0.25, -0.2) is 4.79 Å². The third-order valence-corrected chi connectivity index (χ3v) is 6.10. The molecule has 4 atom stereocenters. The number of carboxylic acid groups (broad SMARTS) is 1. The quantitative estimate of drug-likeness (QED) is 0.0465. The van der Waals surface area contributed by atoms with Crippen LogP contribution >= 0.6 is 23.5 Å². The molecule has 0 aliphatic heterocycles. The molecule has 0 bridgehead atoms. The summed E-state index contributed by atoms with van der Waals surface area (Å²) in [6, 6.07) is -4.61. The Bertz CT molecular complexity index is 781. The fourth-order valence-corrected chi connectivity index (χ4v) is 3.84. The largest absolute Gasteiger partial charge is 0.480 e. The Kier molecular flexibility index (Phi) is 17.1. The number of rotatable bonds is 19. The highest BCUT2D eigenvalue weighted by Crippen LogP contribution is 2.06. The fourth-order valence-electron chi connectivity index (χ4n) is 2.88. The molecule has 0 aromatic carbocycles. The normalized spacial score (nSPS) is 14.0. The summed E-state index contributed by atoms with van der Waals surface area (Å²) in [5.74, 6) is -3.34. The van der Waals surface area contributed by atoms with Crippen molar-refractivity contribution in [3.8, 4) is 0 Å². The molecule has 0 fully saturated rings. The number of amides is 4. The standard InChI is InChI=1S/C20H38N8O6S2/c1-35-8-5-11(21)16(30)28-14(10-15(22)29)18(32)26-12(6-9-36-2)17(31)27-13(19(33)34)4-3-7-25-20(23)24/h11-14H,3-10,21H2,1-2H3,(H2,22,29)(H,26,32)(H,27,31)(H,28,30)(H,33,34)(H4,23,24,25). The van der Waals surface area contributed by atoms with Gasteiger partial charge in [-0.1, -0.05) is 0 Å². The first-order valence-corrected chi connectivity index (χ1v) is 13.9. The lowest BCUT2D eigenvalue weighted by Gasteiger charge is -2.24. The molecule has 16 heteroatoms. The smallest absolute Gasteiger partial charge is 0.326 e. The van der Waals surface area contributed by atoms with Gasteiger partial charge in [-0.15, -0.1) is 0 Å². The van der Waals surface area contributed by atoms with Crippen molar-refractivity contribution in [3.05, 3.63) is 0 Å². The van der Waals surface area contributed by atoms with E-state index in [4.69, 9.17) is 22.9 Å². The molecule has 0 radical (unpaired) electrons. The molecule has 0 saturated heterocycles. The summed E-state index contributed by atoms with van der Waals surface area (Å²) in [6.45, 7) is 0.183. The minimum Gasteiger partial charge on any atom is -0.480 e. The third-order valence-electron chi connectivity index (χ3n) is 4.81. The van der Waals surface area contributed by atoms with Gasteiger partial charge in [-0.2, -0.15) is 23.5 Å². The zero-order chi connectivity index (χ0) is 27.7. The van der Waals surface area contributed by atoms with Crippen LogP contribution in [-0.4, -0.2) is 95.4 Å². The molecule has 0 spiro atoms. The van der Waals surface area contributed by atoms with Crippen molar-refractivity contribution < 1.29 is 29.1 Å². The maximum atomic E-state index is 12.9. The SMILES string of the molecule is CSCCC(N)C(=O)NC(CC(N)=O)C(=O)NC(CCSC)C(=O)NC(CCCN=C(N)N)C(=O)O. The molecule has 14 nitrogen and oxygen atoms in total. The monoisotopic (exact) mass is 550 g/mol. The van der Waals surface area contributed by atoms with Gasteiger partial charge in [0, 0.05) is 6.54 Å². The number of aliphatic carboxylic acids is 1. The van der Waals surface area contributed by atoms with E-state index in [0.717, 1.165) is 0 Å². The number of aliphatic imine (C=N–C) groups is 1. The number of nitrogens with one attached hydrogen (secondary N) is 3. The molecule has 0 saturated carbocycles. The van der Waals surface area contributed by atoms with E-state index in [0.29, 0.717) is 24.3 Å². The number of carboxylic acids is 1. The molecule has 0 aromatic heterocycles. The van der Waals surface area contributed by atoms with Crippen molar-refractivity contribution in [3.63, 3.8) is 0 Å². The second-order valence-corrected chi connectivity index (χ2v) is 9.78. The van der Waals surface area contributed by atoms with Crippen LogP contribution in [0.25, 0.3) is 0 Å². The zero-order valence-corrected chi connectivity index (χ0v) is 22.2. The Hall–Kier alpha value is -2.72. The van der Waals surface area contributed by atoms with Crippen LogP contribution in [0.15, 0.2) is 4.99 Å². The summed E-state index contributed by atoms with van der Waals surface area (Å²) in [6.07, 6.45) is 4.02. The Labute approximate surface area is 218 Å². The average molecular weight is 551 g/mol. The third kappa shape index (κ3) is 14.6.